The molecule has 0 atom stereocenters. The number of pyridine rings is 2. The molecule has 1 fully saturated rings. The van der Waals surface area contributed by atoms with Crippen LogP contribution in [0.3, 0.4) is 0 Å². The molecule has 34 heavy (non-hydrogen) atoms. The van der Waals surface area contributed by atoms with Crippen molar-refractivity contribution in [3.8, 4) is 33.5 Å². The Bertz CT molecular complexity index is 1470. The van der Waals surface area contributed by atoms with Crippen LogP contribution >= 0.6 is 0 Å². The van der Waals surface area contributed by atoms with E-state index in [0.717, 1.165) is 59.3 Å². The van der Waals surface area contributed by atoms with Gasteiger partial charge in [0, 0.05) is 51.6 Å². The average Bonchev–Trinajstić information content (AvgIpc) is 3.58. The number of hydrogen-bond donors (Lipinski definition) is 3. The third-order valence-corrected chi connectivity index (χ3v) is 6.60. The highest BCUT2D eigenvalue weighted by molar-refractivity contribution is 5.98. The lowest BCUT2D eigenvalue weighted by atomic mass is 9.90. The van der Waals surface area contributed by atoms with Crippen LogP contribution in [0.15, 0.2) is 65.9 Å². The van der Waals surface area contributed by atoms with E-state index in [1.807, 2.05) is 24.4 Å². The first-order valence-corrected chi connectivity index (χ1v) is 11.3. The first kappa shape index (κ1) is 20.6. The average molecular weight is 455 g/mol. The maximum absolute atomic E-state index is 14.6. The van der Waals surface area contributed by atoms with Crippen molar-refractivity contribution in [1.29, 1.82) is 0 Å². The van der Waals surface area contributed by atoms with Crippen LogP contribution < -0.4 is 11.1 Å². The van der Waals surface area contributed by atoms with Gasteiger partial charge in [-0.1, -0.05) is 6.07 Å². The Labute approximate surface area is 195 Å². The number of aromatic nitrogens is 4. The number of halogens is 1. The number of nitrogens with two attached hydrogens (primary N) is 1. The van der Waals surface area contributed by atoms with Gasteiger partial charge in [-0.05, 0) is 61.1 Å². The van der Waals surface area contributed by atoms with E-state index in [2.05, 4.69) is 25.5 Å². The fourth-order valence-corrected chi connectivity index (χ4v) is 4.80. The van der Waals surface area contributed by atoms with Crippen LogP contribution in [0.4, 0.5) is 10.2 Å². The van der Waals surface area contributed by atoms with Crippen molar-refractivity contribution in [2.75, 3.05) is 18.8 Å². The zero-order valence-corrected chi connectivity index (χ0v) is 18.4. The summed E-state index contributed by atoms with van der Waals surface area (Å²) in [7, 11) is 0. The molecule has 0 unspecified atom stereocenters. The molecule has 0 amide bonds. The molecule has 1 aliphatic rings. The van der Waals surface area contributed by atoms with Gasteiger partial charge in [-0.15, -0.1) is 0 Å². The lowest BCUT2D eigenvalue weighted by Crippen LogP contribution is -2.27. The highest BCUT2D eigenvalue weighted by Gasteiger charge is 2.22. The number of furan rings is 1. The molecule has 0 spiro atoms. The number of H-pyrrole nitrogens is 1. The zero-order valence-electron chi connectivity index (χ0n) is 18.4. The number of rotatable bonds is 4. The molecule has 4 N–H and O–H groups in total. The number of nitrogens with zero attached hydrogens (tertiary/aromatic N) is 3. The fraction of sp³-hybridized carbons (Fsp3) is 0.192. The molecule has 8 heteroatoms. The van der Waals surface area contributed by atoms with Gasteiger partial charge in [0.25, 0.3) is 0 Å². The standard InChI is InChI=1S/C26H23FN6O/c27-23-2-1-18(16-5-8-34-14-16)19-10-24(30-12-22(19)23)20-9-17(11-31-26(20)28)21-13-32-33-25(21)15-3-6-29-7-4-15/h1-2,5,8-15,29H,3-4,6-7H2,(H2,28,31)(H,32,33). The molecule has 1 aliphatic heterocycles. The van der Waals surface area contributed by atoms with Crippen LogP contribution in [-0.2, 0) is 0 Å². The van der Waals surface area contributed by atoms with Crippen LogP contribution in [0.1, 0.15) is 24.5 Å². The predicted octanol–water partition coefficient (Wildman–Crippen LogP) is 5.14. The molecule has 1 aromatic carbocycles. The molecule has 4 aromatic heterocycles. The van der Waals surface area contributed by atoms with E-state index in [9.17, 15) is 4.39 Å². The molecule has 7 nitrogen and oxygen atoms in total. The van der Waals surface area contributed by atoms with E-state index in [1.165, 1.54) is 6.07 Å². The van der Waals surface area contributed by atoms with Crippen molar-refractivity contribution in [3.05, 3.63) is 73.0 Å². The van der Waals surface area contributed by atoms with Gasteiger partial charge in [-0.25, -0.2) is 9.37 Å². The predicted molar refractivity (Wildman–Crippen MR) is 129 cm³/mol. The third-order valence-electron chi connectivity index (χ3n) is 6.60. The van der Waals surface area contributed by atoms with Gasteiger partial charge in [0.2, 0.25) is 0 Å². The summed E-state index contributed by atoms with van der Waals surface area (Å²) >= 11 is 0. The van der Waals surface area contributed by atoms with Gasteiger partial charge in [-0.2, -0.15) is 5.10 Å². The Morgan fingerprint density at radius 2 is 1.79 bits per heavy atom. The van der Waals surface area contributed by atoms with E-state index in [0.29, 0.717) is 28.4 Å². The fourth-order valence-electron chi connectivity index (χ4n) is 4.80. The first-order valence-electron chi connectivity index (χ1n) is 11.3. The van der Waals surface area contributed by atoms with Gasteiger partial charge in [0.15, 0.2) is 0 Å². The third kappa shape index (κ3) is 3.52. The van der Waals surface area contributed by atoms with Crippen molar-refractivity contribution < 1.29 is 8.81 Å². The summed E-state index contributed by atoms with van der Waals surface area (Å²) in [6, 6.07) is 8.90. The van der Waals surface area contributed by atoms with Crippen LogP contribution in [0.2, 0.25) is 0 Å². The van der Waals surface area contributed by atoms with Crippen LogP contribution in [0.5, 0.6) is 0 Å². The molecule has 0 bridgehead atoms. The van der Waals surface area contributed by atoms with Gasteiger partial charge in [-0.3, -0.25) is 10.1 Å². The number of aromatic amines is 1. The van der Waals surface area contributed by atoms with Crippen molar-refractivity contribution in [2.45, 2.75) is 18.8 Å². The molecule has 0 saturated carbocycles. The first-order chi connectivity index (χ1) is 16.7. The summed E-state index contributed by atoms with van der Waals surface area (Å²) in [6.45, 7) is 1.98. The maximum Gasteiger partial charge on any atom is 0.132 e. The van der Waals surface area contributed by atoms with E-state index in [-0.39, 0.29) is 5.82 Å². The van der Waals surface area contributed by atoms with Crippen LogP contribution in [0.25, 0.3) is 44.3 Å². The topological polar surface area (TPSA) is 106 Å². The number of anilines is 1. The summed E-state index contributed by atoms with van der Waals surface area (Å²) in [6.07, 6.45) is 10.5. The van der Waals surface area contributed by atoms with Gasteiger partial charge < -0.3 is 15.5 Å². The Morgan fingerprint density at radius 1 is 0.912 bits per heavy atom. The van der Waals surface area contributed by atoms with E-state index in [1.54, 1.807) is 31.0 Å². The van der Waals surface area contributed by atoms with Crippen molar-refractivity contribution in [3.63, 3.8) is 0 Å². The van der Waals surface area contributed by atoms with Crippen molar-refractivity contribution in [1.82, 2.24) is 25.5 Å². The molecular weight excluding hydrogens is 431 g/mol. The van der Waals surface area contributed by atoms with E-state index >= 15 is 0 Å². The zero-order chi connectivity index (χ0) is 23.1. The Hall–Kier alpha value is -4.04. The maximum atomic E-state index is 14.6. The van der Waals surface area contributed by atoms with Crippen LogP contribution in [0, 0.1) is 5.82 Å². The summed E-state index contributed by atoms with van der Waals surface area (Å²) in [5.41, 5.74) is 12.4. The normalized spacial score (nSPS) is 14.6. The molecule has 0 aliphatic carbocycles. The van der Waals surface area contributed by atoms with Crippen LogP contribution in [-0.4, -0.2) is 33.3 Å². The quantitative estimate of drug-likeness (QED) is 0.347. The molecule has 170 valence electrons. The lowest BCUT2D eigenvalue weighted by molar-refractivity contribution is 0.453. The Kier molecular flexibility index (Phi) is 5.07. The smallest absolute Gasteiger partial charge is 0.132 e. The minimum Gasteiger partial charge on any atom is -0.472 e. The SMILES string of the molecule is Nc1ncc(-c2cn[nH]c2C2CCNCC2)cc1-c1cc2c(-c3ccoc3)ccc(F)c2cn1. The minimum absolute atomic E-state index is 0.328. The second-order valence-electron chi connectivity index (χ2n) is 8.60. The van der Waals surface area contributed by atoms with E-state index < -0.39 is 0 Å². The molecule has 6 rings (SSSR count). The molecule has 1 saturated heterocycles. The molecule has 5 heterocycles. The number of piperidine rings is 1. The largest absolute Gasteiger partial charge is 0.472 e. The highest BCUT2D eigenvalue weighted by atomic mass is 19.1. The number of nitrogen functional groups attached to an aromatic ring is 1. The van der Waals surface area contributed by atoms with E-state index in [4.69, 9.17) is 10.2 Å². The Morgan fingerprint density at radius 3 is 2.62 bits per heavy atom. The summed E-state index contributed by atoms with van der Waals surface area (Å²) < 4.78 is 19.8. The van der Waals surface area contributed by atoms with Gasteiger partial charge >= 0.3 is 0 Å². The monoisotopic (exact) mass is 454 g/mol. The van der Waals surface area contributed by atoms with Crippen molar-refractivity contribution in [2.24, 2.45) is 0 Å². The second-order valence-corrected chi connectivity index (χ2v) is 8.60. The number of hydrogen-bond acceptors (Lipinski definition) is 6. The lowest BCUT2D eigenvalue weighted by Gasteiger charge is -2.22. The van der Waals surface area contributed by atoms with Gasteiger partial charge in [0.1, 0.15) is 11.6 Å². The van der Waals surface area contributed by atoms with Crippen molar-refractivity contribution >= 4 is 16.6 Å². The molecule has 5 aromatic rings. The Balaban J connectivity index is 1.46. The minimum atomic E-state index is -0.328. The summed E-state index contributed by atoms with van der Waals surface area (Å²) in [5, 5.41) is 12.1. The number of fused-ring (bicyclic) bond motifs is 1. The molecular formula is C26H23FN6O. The highest BCUT2D eigenvalue weighted by Crippen LogP contribution is 2.37. The molecule has 0 radical (unpaired) electrons. The summed E-state index contributed by atoms with van der Waals surface area (Å²) in [5.74, 6) is 0.453. The second kappa shape index (κ2) is 8.39. The number of benzene rings is 1. The van der Waals surface area contributed by atoms with Gasteiger partial charge in [0.05, 0.1) is 24.4 Å². The number of nitrogens with one attached hydrogen (secondary N) is 2. The summed E-state index contributed by atoms with van der Waals surface area (Å²) in [4.78, 5) is 9.00.